The number of ether oxygens (including phenoxy) is 2. The maximum Gasteiger partial charge on any atom is 0.255 e. The minimum atomic E-state index is -0.513. The number of amides is 1. The van der Waals surface area contributed by atoms with Gasteiger partial charge in [-0.1, -0.05) is 24.3 Å². The molecule has 1 aliphatic heterocycles. The zero-order chi connectivity index (χ0) is 28.8. The van der Waals surface area contributed by atoms with Gasteiger partial charge in [0, 0.05) is 30.4 Å². The highest BCUT2D eigenvalue weighted by Crippen LogP contribution is 2.35. The summed E-state index contributed by atoms with van der Waals surface area (Å²) < 4.78 is 26.5. The Labute approximate surface area is 238 Å². The summed E-state index contributed by atoms with van der Waals surface area (Å²) in [7, 11) is 1.43. The molecule has 0 saturated heterocycles. The van der Waals surface area contributed by atoms with Crippen molar-refractivity contribution in [2.75, 3.05) is 19.5 Å². The second-order valence-electron chi connectivity index (χ2n) is 9.88. The van der Waals surface area contributed by atoms with E-state index >= 15 is 0 Å². The molecule has 0 unspecified atom stereocenters. The van der Waals surface area contributed by atoms with E-state index in [1.54, 1.807) is 6.20 Å². The molecule has 6 aromatic rings. The molecule has 0 fully saturated rings. The third kappa shape index (κ3) is 4.38. The number of imidazole rings is 1. The first-order valence-electron chi connectivity index (χ1n) is 13.3. The van der Waals surface area contributed by atoms with Gasteiger partial charge >= 0.3 is 0 Å². The van der Waals surface area contributed by atoms with Gasteiger partial charge in [0.15, 0.2) is 11.5 Å². The zero-order valence-corrected chi connectivity index (χ0v) is 22.5. The number of anilines is 1. The second kappa shape index (κ2) is 10.2. The fraction of sp³-hybridized carbons (Fsp3) is 0.167. The van der Waals surface area contributed by atoms with Crippen LogP contribution in [0.3, 0.4) is 0 Å². The van der Waals surface area contributed by atoms with Gasteiger partial charge < -0.3 is 25.1 Å². The van der Waals surface area contributed by atoms with Crippen LogP contribution in [0.2, 0.25) is 0 Å². The molecule has 0 radical (unpaired) electrons. The highest BCUT2D eigenvalue weighted by molar-refractivity contribution is 6.06. The number of rotatable bonds is 6. The summed E-state index contributed by atoms with van der Waals surface area (Å²) >= 11 is 0. The summed E-state index contributed by atoms with van der Waals surface area (Å²) in [6.07, 6.45) is 1.75. The van der Waals surface area contributed by atoms with Crippen molar-refractivity contribution in [1.29, 1.82) is 0 Å². The Kier molecular flexibility index (Phi) is 6.24. The van der Waals surface area contributed by atoms with Crippen molar-refractivity contribution in [3.63, 3.8) is 0 Å². The quantitative estimate of drug-likeness (QED) is 0.273. The van der Waals surface area contributed by atoms with E-state index in [-0.39, 0.29) is 12.1 Å². The molecule has 11 nitrogen and oxygen atoms in total. The van der Waals surface area contributed by atoms with Gasteiger partial charge in [-0.2, -0.15) is 5.10 Å². The predicted molar refractivity (Wildman–Crippen MR) is 154 cm³/mol. The van der Waals surface area contributed by atoms with E-state index in [1.807, 2.05) is 36.4 Å². The number of nitrogen functional groups attached to an aromatic ring is 1. The van der Waals surface area contributed by atoms with Crippen LogP contribution >= 0.6 is 0 Å². The van der Waals surface area contributed by atoms with Gasteiger partial charge in [-0.15, -0.1) is 0 Å². The normalized spacial score (nSPS) is 12.9. The molecule has 12 heteroatoms. The minimum absolute atomic E-state index is 0.131. The summed E-state index contributed by atoms with van der Waals surface area (Å²) in [5.74, 6) is 0.540. The lowest BCUT2D eigenvalue weighted by atomic mass is 10.0. The van der Waals surface area contributed by atoms with Crippen LogP contribution in [0.15, 0.2) is 60.8 Å². The molecule has 7 rings (SSSR count). The average Bonchev–Trinajstić information content (AvgIpc) is 3.60. The van der Waals surface area contributed by atoms with Crippen LogP contribution in [0.1, 0.15) is 21.7 Å². The van der Waals surface area contributed by atoms with Crippen molar-refractivity contribution in [3.8, 4) is 28.3 Å². The first-order chi connectivity index (χ1) is 20.5. The summed E-state index contributed by atoms with van der Waals surface area (Å²) in [6, 6.07) is 15.4. The smallest absolute Gasteiger partial charge is 0.255 e. The number of pyridine rings is 2. The Morgan fingerprint density at radius 1 is 1.17 bits per heavy atom. The van der Waals surface area contributed by atoms with Gasteiger partial charge in [0.1, 0.15) is 24.0 Å². The van der Waals surface area contributed by atoms with Crippen LogP contribution in [0.25, 0.3) is 44.6 Å². The third-order valence-electron chi connectivity index (χ3n) is 7.37. The van der Waals surface area contributed by atoms with E-state index in [2.05, 4.69) is 25.1 Å². The number of fused-ring (bicyclic) bond motifs is 4. The Bertz CT molecular complexity index is 1980. The van der Waals surface area contributed by atoms with Crippen molar-refractivity contribution in [1.82, 2.24) is 35.0 Å². The first kappa shape index (κ1) is 25.6. The largest absolute Gasteiger partial charge is 0.496 e. The fourth-order valence-electron chi connectivity index (χ4n) is 5.26. The summed E-state index contributed by atoms with van der Waals surface area (Å²) in [5, 5.41) is 10.8. The number of nitrogens with zero attached hydrogens (tertiary/aromatic N) is 5. The number of benzene rings is 2. The number of methoxy groups -OCH3 is 1. The monoisotopic (exact) mass is 564 g/mol. The molecular weight excluding hydrogens is 539 g/mol. The summed E-state index contributed by atoms with van der Waals surface area (Å²) in [4.78, 5) is 26.9. The molecule has 4 aromatic heterocycles. The Morgan fingerprint density at radius 3 is 2.86 bits per heavy atom. The topological polar surface area (TPSA) is 146 Å². The lowest BCUT2D eigenvalue weighted by Crippen LogP contribution is -2.23. The zero-order valence-electron chi connectivity index (χ0n) is 22.5. The average molecular weight is 565 g/mol. The van der Waals surface area contributed by atoms with Gasteiger partial charge in [0.05, 0.1) is 47.1 Å². The van der Waals surface area contributed by atoms with E-state index in [0.29, 0.717) is 47.2 Å². The van der Waals surface area contributed by atoms with Crippen LogP contribution in [0.5, 0.6) is 5.75 Å². The number of hydrogen-bond donors (Lipinski definition) is 3. The Hall–Kier alpha value is -5.36. The predicted octanol–water partition coefficient (Wildman–Crippen LogP) is 4.23. The van der Waals surface area contributed by atoms with Gasteiger partial charge in [-0.3, -0.25) is 14.9 Å². The van der Waals surface area contributed by atoms with Crippen molar-refractivity contribution in [2.24, 2.45) is 0 Å². The summed E-state index contributed by atoms with van der Waals surface area (Å²) in [5.41, 5.74) is 12.6. The SMILES string of the molecule is COc1ccc(F)cc1C(=O)NCc1ccc(-c2ncc(-c3ccc4c(n3)nc3n4CCOC3)c3[nH]nc(N)c23)cc1. The van der Waals surface area contributed by atoms with E-state index < -0.39 is 11.7 Å². The van der Waals surface area contributed by atoms with E-state index in [1.165, 1.54) is 19.2 Å². The number of nitrogens with two attached hydrogens (primary N) is 1. The number of aromatic amines is 1. The number of carbonyl (C=O) groups excluding carboxylic acids is 1. The number of nitrogens with one attached hydrogen (secondary N) is 2. The molecule has 4 N–H and O–H groups in total. The number of halogens is 1. The minimum Gasteiger partial charge on any atom is -0.496 e. The molecule has 210 valence electrons. The molecule has 0 spiro atoms. The Morgan fingerprint density at radius 2 is 2.02 bits per heavy atom. The van der Waals surface area contributed by atoms with E-state index in [0.717, 1.165) is 46.2 Å². The molecule has 1 aliphatic rings. The molecule has 0 saturated carbocycles. The lowest BCUT2D eigenvalue weighted by Gasteiger charge is -2.14. The van der Waals surface area contributed by atoms with Crippen molar-refractivity contribution < 1.29 is 18.7 Å². The van der Waals surface area contributed by atoms with Crippen LogP contribution in [-0.2, 0) is 24.4 Å². The van der Waals surface area contributed by atoms with E-state index in [4.69, 9.17) is 25.2 Å². The Balaban J connectivity index is 1.16. The second-order valence-corrected chi connectivity index (χ2v) is 9.88. The highest BCUT2D eigenvalue weighted by Gasteiger charge is 2.20. The summed E-state index contributed by atoms with van der Waals surface area (Å²) in [6.45, 7) is 2.11. The third-order valence-corrected chi connectivity index (χ3v) is 7.37. The van der Waals surface area contributed by atoms with Crippen molar-refractivity contribution in [2.45, 2.75) is 19.7 Å². The molecule has 5 heterocycles. The molecule has 1 amide bonds. The highest BCUT2D eigenvalue weighted by atomic mass is 19.1. The van der Waals surface area contributed by atoms with Gasteiger partial charge in [0.25, 0.3) is 5.91 Å². The van der Waals surface area contributed by atoms with Crippen LogP contribution in [0, 0.1) is 5.82 Å². The molecule has 0 aliphatic carbocycles. The molecule has 42 heavy (non-hydrogen) atoms. The van der Waals surface area contributed by atoms with Crippen LogP contribution < -0.4 is 15.8 Å². The lowest BCUT2D eigenvalue weighted by molar-refractivity contribution is 0.0830. The number of carbonyl (C=O) groups is 1. The first-order valence-corrected chi connectivity index (χ1v) is 13.3. The standard InChI is InChI=1S/C30H25FN8O3/c1-41-23-9-6-18(31)12-19(23)30(40)34-13-16-2-4-17(5-3-16)26-25-27(37-38-28(25)32)20(14-33-26)21-7-8-22-29(35-21)36-24-15-42-11-10-39(22)24/h2-9,12,14H,10-11,13,15H2,1H3,(H,34,40)(H3,32,37,38). The van der Waals surface area contributed by atoms with Crippen molar-refractivity contribution >= 4 is 33.8 Å². The van der Waals surface area contributed by atoms with Crippen LogP contribution in [-0.4, -0.2) is 49.3 Å². The molecule has 0 atom stereocenters. The van der Waals surface area contributed by atoms with Gasteiger partial charge in [-0.25, -0.2) is 14.4 Å². The number of aromatic nitrogens is 6. The molecule has 2 aromatic carbocycles. The van der Waals surface area contributed by atoms with Gasteiger partial charge in [-0.05, 0) is 35.9 Å². The fourth-order valence-corrected chi connectivity index (χ4v) is 5.26. The van der Waals surface area contributed by atoms with Crippen LogP contribution in [0.4, 0.5) is 10.2 Å². The molecular formula is C30H25FN8O3. The maximum atomic E-state index is 13.7. The number of hydrogen-bond acceptors (Lipinski definition) is 8. The maximum absolute atomic E-state index is 13.7. The molecule has 0 bridgehead atoms. The van der Waals surface area contributed by atoms with Crippen molar-refractivity contribution in [3.05, 3.63) is 83.6 Å². The van der Waals surface area contributed by atoms with Gasteiger partial charge in [0.2, 0.25) is 0 Å². The van der Waals surface area contributed by atoms with E-state index in [9.17, 15) is 9.18 Å². The number of H-pyrrole nitrogens is 1.